The van der Waals surface area contributed by atoms with Crippen LogP contribution >= 0.6 is 11.6 Å². The van der Waals surface area contributed by atoms with Gasteiger partial charge in [0.15, 0.2) is 0 Å². The first-order valence-electron chi connectivity index (χ1n) is 17.6. The minimum Gasteiger partial charge on any atom is -0.493 e. The van der Waals surface area contributed by atoms with Gasteiger partial charge in [-0.05, 0) is 141 Å². The summed E-state index contributed by atoms with van der Waals surface area (Å²) in [6.07, 6.45) is 11.2. The van der Waals surface area contributed by atoms with Crippen molar-refractivity contribution in [2.75, 3.05) is 25.0 Å². The van der Waals surface area contributed by atoms with Gasteiger partial charge in [0.25, 0.3) is 0 Å². The molecular weight excluding hydrogens is 610 g/mol. The fourth-order valence-electron chi connectivity index (χ4n) is 9.07. The third kappa shape index (κ3) is 6.46. The van der Waals surface area contributed by atoms with E-state index in [9.17, 15) is 9.90 Å². The molecule has 0 amide bonds. The van der Waals surface area contributed by atoms with E-state index in [1.807, 2.05) is 36.5 Å². The molecule has 3 aliphatic carbocycles. The van der Waals surface area contributed by atoms with Crippen molar-refractivity contribution in [3.05, 3.63) is 82.1 Å². The molecule has 0 radical (unpaired) electrons. The molecule has 2 aromatic carbocycles. The van der Waals surface area contributed by atoms with Gasteiger partial charge in [0.2, 0.25) is 0 Å². The maximum atomic E-state index is 12.9. The topological polar surface area (TPSA) is 92.7 Å². The Bertz CT molecular complexity index is 1600. The van der Waals surface area contributed by atoms with Gasteiger partial charge < -0.3 is 25.2 Å². The molecule has 4 aliphatic rings. The fourth-order valence-corrected chi connectivity index (χ4v) is 9.26. The number of aromatic nitrogens is 1. The van der Waals surface area contributed by atoms with Crippen molar-refractivity contribution in [2.24, 2.45) is 11.8 Å². The summed E-state index contributed by atoms with van der Waals surface area (Å²) in [6, 6.07) is 16.1. The monoisotopic (exact) mass is 657 g/mol. The average molecular weight is 658 g/mol. The summed E-state index contributed by atoms with van der Waals surface area (Å²) in [4.78, 5) is 17.6. The molecule has 3 N–H and O–H groups in total. The Morgan fingerprint density at radius 1 is 1.15 bits per heavy atom. The number of nitrogens with one attached hydrogen (secondary N) is 2. The second-order valence-corrected chi connectivity index (χ2v) is 15.2. The molecule has 7 rings (SSSR count). The van der Waals surface area contributed by atoms with E-state index < -0.39 is 11.5 Å². The Hall–Kier alpha value is -3.29. The minimum absolute atomic E-state index is 0.115. The van der Waals surface area contributed by atoms with E-state index in [0.717, 1.165) is 68.8 Å². The number of anilines is 1. The average Bonchev–Trinajstić information content (AvgIpc) is 3.67. The first-order valence-corrected chi connectivity index (χ1v) is 18.0. The van der Waals surface area contributed by atoms with Gasteiger partial charge in [-0.25, -0.2) is 4.79 Å². The van der Waals surface area contributed by atoms with Crippen molar-refractivity contribution in [1.82, 2.24) is 10.3 Å². The van der Waals surface area contributed by atoms with Crippen molar-refractivity contribution in [2.45, 2.75) is 101 Å². The van der Waals surface area contributed by atoms with Crippen LogP contribution in [0.4, 0.5) is 5.69 Å². The molecule has 1 spiro atoms. The fraction of sp³-hybridized carbons (Fsp3) is 0.538. The number of carboxylic acids is 1. The van der Waals surface area contributed by atoms with E-state index in [-0.39, 0.29) is 11.5 Å². The number of nitrogens with zero attached hydrogens (tertiary/aromatic N) is 1. The summed E-state index contributed by atoms with van der Waals surface area (Å²) in [5.74, 6) is 2.33. The van der Waals surface area contributed by atoms with Crippen LogP contribution in [-0.2, 0) is 23.1 Å². The molecule has 2 fully saturated rings. The van der Waals surface area contributed by atoms with Gasteiger partial charge in [-0.15, -0.1) is 0 Å². The highest BCUT2D eigenvalue weighted by Gasteiger charge is 2.54. The summed E-state index contributed by atoms with van der Waals surface area (Å²) in [5, 5.41) is 18.0. The number of hydrogen-bond acceptors (Lipinski definition) is 6. The van der Waals surface area contributed by atoms with Gasteiger partial charge in [-0.2, -0.15) is 0 Å². The molecule has 4 atom stereocenters. The van der Waals surface area contributed by atoms with E-state index in [1.165, 1.54) is 35.2 Å². The molecule has 2 heterocycles. The van der Waals surface area contributed by atoms with Gasteiger partial charge in [-0.1, -0.05) is 37.6 Å². The Morgan fingerprint density at radius 3 is 2.77 bits per heavy atom. The van der Waals surface area contributed by atoms with Crippen LogP contribution in [-0.4, -0.2) is 47.4 Å². The molecule has 1 saturated heterocycles. The normalized spacial score (nSPS) is 28.8. The van der Waals surface area contributed by atoms with Gasteiger partial charge in [0.1, 0.15) is 23.1 Å². The van der Waals surface area contributed by atoms with Crippen molar-refractivity contribution < 1.29 is 19.4 Å². The zero-order valence-corrected chi connectivity index (χ0v) is 28.5. The highest BCUT2D eigenvalue weighted by Crippen LogP contribution is 2.57. The Kier molecular flexibility index (Phi) is 9.14. The zero-order valence-electron chi connectivity index (χ0n) is 27.7. The van der Waals surface area contributed by atoms with Crippen molar-refractivity contribution in [3.63, 3.8) is 0 Å². The SMILES string of the molecule is C[C@@H](COc1ccnc2c1[C@H](C)CCC2)CC1Cc2ccc(O[C@@H]3CCNC3)cc2C12CCC(Nc1cccc(Cl)c1)(C(=O)O)CC2. The van der Waals surface area contributed by atoms with Gasteiger partial charge in [0, 0.05) is 34.7 Å². The van der Waals surface area contributed by atoms with Crippen LogP contribution < -0.4 is 20.1 Å². The standard InChI is InChI=1S/C39H48ClN3O4/c1-25(24-46-35-12-18-42-34-8-3-5-26(2)36(34)35)19-28-20-27-9-10-31(47-32-11-17-41-23-32)22-33(27)38(28)13-15-39(16-14-38,37(44)45)43-30-7-4-6-29(40)21-30/h4,6-7,9-10,12,18,21-22,25-26,28,32,41,43H,3,5,8,11,13-17,19-20,23-24H2,1-2H3,(H,44,45)/t25-,26-,28?,32-,38?,39?/m1/s1. The number of benzene rings is 2. The molecule has 3 aromatic rings. The second-order valence-electron chi connectivity index (χ2n) is 14.7. The van der Waals surface area contributed by atoms with Crippen LogP contribution in [0.5, 0.6) is 11.5 Å². The summed E-state index contributed by atoms with van der Waals surface area (Å²) < 4.78 is 13.0. The number of aliphatic carboxylic acids is 1. The number of aryl methyl sites for hydroxylation is 1. The molecule has 47 heavy (non-hydrogen) atoms. The van der Waals surface area contributed by atoms with Gasteiger partial charge in [-0.3, -0.25) is 4.98 Å². The predicted molar refractivity (Wildman–Crippen MR) is 186 cm³/mol. The quantitative estimate of drug-likeness (QED) is 0.204. The Balaban J connectivity index is 1.13. The largest absolute Gasteiger partial charge is 0.493 e. The van der Waals surface area contributed by atoms with E-state index >= 15 is 0 Å². The third-order valence-corrected chi connectivity index (χ3v) is 11.8. The number of pyridine rings is 1. The number of carbonyl (C=O) groups is 1. The van der Waals surface area contributed by atoms with E-state index in [0.29, 0.717) is 42.2 Å². The van der Waals surface area contributed by atoms with Crippen LogP contribution in [0.1, 0.15) is 93.5 Å². The summed E-state index contributed by atoms with van der Waals surface area (Å²) >= 11 is 6.28. The summed E-state index contributed by atoms with van der Waals surface area (Å²) in [5.41, 5.74) is 4.82. The number of hydrogen-bond donors (Lipinski definition) is 3. The minimum atomic E-state index is -1.04. The summed E-state index contributed by atoms with van der Waals surface area (Å²) in [7, 11) is 0. The van der Waals surface area contributed by atoms with Crippen molar-refractivity contribution in [1.29, 1.82) is 0 Å². The van der Waals surface area contributed by atoms with Crippen LogP contribution in [0.25, 0.3) is 0 Å². The number of ether oxygens (including phenoxy) is 2. The van der Waals surface area contributed by atoms with Crippen molar-refractivity contribution in [3.8, 4) is 11.5 Å². The number of fused-ring (bicyclic) bond motifs is 3. The van der Waals surface area contributed by atoms with Gasteiger partial charge >= 0.3 is 5.97 Å². The Labute approximate surface area is 283 Å². The van der Waals surface area contributed by atoms with Crippen LogP contribution in [0.15, 0.2) is 54.7 Å². The number of carboxylic acid groups (broad SMARTS) is 1. The molecule has 1 aliphatic heterocycles. The number of halogens is 1. The molecule has 1 unspecified atom stereocenters. The van der Waals surface area contributed by atoms with E-state index in [1.54, 1.807) is 0 Å². The van der Waals surface area contributed by atoms with Crippen LogP contribution in [0.3, 0.4) is 0 Å². The molecule has 1 aromatic heterocycles. The predicted octanol–water partition coefficient (Wildman–Crippen LogP) is 7.94. The lowest BCUT2D eigenvalue weighted by molar-refractivity contribution is -0.144. The molecule has 0 bridgehead atoms. The Morgan fingerprint density at radius 2 is 2.00 bits per heavy atom. The van der Waals surface area contributed by atoms with Gasteiger partial charge in [0.05, 0.1) is 6.61 Å². The van der Waals surface area contributed by atoms with Crippen molar-refractivity contribution >= 4 is 23.3 Å². The highest BCUT2D eigenvalue weighted by molar-refractivity contribution is 6.30. The highest BCUT2D eigenvalue weighted by atomic mass is 35.5. The lowest BCUT2D eigenvalue weighted by Gasteiger charge is -2.47. The molecular formula is C39H48ClN3O4. The number of rotatable bonds is 10. The molecule has 7 nitrogen and oxygen atoms in total. The lowest BCUT2D eigenvalue weighted by Crippen LogP contribution is -2.53. The third-order valence-electron chi connectivity index (χ3n) is 11.6. The van der Waals surface area contributed by atoms with Crippen LogP contribution in [0, 0.1) is 11.8 Å². The van der Waals surface area contributed by atoms with Crippen LogP contribution in [0.2, 0.25) is 5.02 Å². The zero-order chi connectivity index (χ0) is 32.6. The van der Waals surface area contributed by atoms with E-state index in [2.05, 4.69) is 47.7 Å². The second kappa shape index (κ2) is 13.3. The molecule has 250 valence electrons. The smallest absolute Gasteiger partial charge is 0.329 e. The first kappa shape index (κ1) is 32.3. The molecule has 1 saturated carbocycles. The first-order chi connectivity index (χ1) is 22.7. The van der Waals surface area contributed by atoms with E-state index in [4.69, 9.17) is 21.1 Å². The summed E-state index contributed by atoms with van der Waals surface area (Å²) in [6.45, 7) is 7.11. The lowest BCUT2D eigenvalue weighted by atomic mass is 9.59. The maximum Gasteiger partial charge on any atom is 0.329 e. The maximum absolute atomic E-state index is 12.9. The molecule has 8 heteroatoms.